The Labute approximate surface area is 181 Å². The fourth-order valence-corrected chi connectivity index (χ4v) is 6.70. The maximum atomic E-state index is 13.0. The van der Waals surface area contributed by atoms with Crippen LogP contribution < -0.4 is 5.73 Å². The van der Waals surface area contributed by atoms with Crippen LogP contribution in [0.4, 0.5) is 0 Å². The van der Waals surface area contributed by atoms with Gasteiger partial charge in [-0.15, -0.1) is 11.3 Å². The molecule has 0 radical (unpaired) electrons. The van der Waals surface area contributed by atoms with Crippen LogP contribution in [0.15, 0.2) is 36.4 Å². The number of carbonyl (C=O) groups is 1. The van der Waals surface area contributed by atoms with Crippen LogP contribution in [0.5, 0.6) is 0 Å². The molecule has 5 nitrogen and oxygen atoms in total. The third-order valence-electron chi connectivity index (χ3n) is 7.13. The molecule has 1 saturated carbocycles. The molecular formula is C24H30N2O3S. The van der Waals surface area contributed by atoms with E-state index in [4.69, 9.17) is 10.5 Å². The van der Waals surface area contributed by atoms with Gasteiger partial charge in [0, 0.05) is 34.8 Å². The summed E-state index contributed by atoms with van der Waals surface area (Å²) in [6.07, 6.45) is 4.08. The highest BCUT2D eigenvalue weighted by Gasteiger charge is 2.44. The van der Waals surface area contributed by atoms with Crippen molar-refractivity contribution in [2.45, 2.75) is 56.3 Å². The molecule has 160 valence electrons. The Kier molecular flexibility index (Phi) is 5.44. The minimum atomic E-state index is -0.560. The normalized spacial score (nSPS) is 28.3. The van der Waals surface area contributed by atoms with Crippen molar-refractivity contribution in [3.63, 3.8) is 0 Å². The highest BCUT2D eigenvalue weighted by molar-refractivity contribution is 7.15. The van der Waals surface area contributed by atoms with Crippen molar-refractivity contribution < 1.29 is 14.6 Å². The zero-order chi connectivity index (χ0) is 20.7. The molecule has 2 aromatic rings. The predicted octanol–water partition coefficient (Wildman–Crippen LogP) is 3.29. The van der Waals surface area contributed by atoms with Crippen LogP contribution in [0, 0.1) is 5.92 Å². The molecule has 30 heavy (non-hydrogen) atoms. The number of amides is 1. The van der Waals surface area contributed by atoms with Crippen molar-refractivity contribution in [1.29, 1.82) is 0 Å². The SMILES string of the molecule is N[C@H]1CC[C@H](C(=O)N2CCC3(CC2)OCCc2cc(-c4ccccc4)sc23)C[C@@H]1O. The average molecular weight is 427 g/mol. The number of hydrogen-bond acceptors (Lipinski definition) is 5. The number of rotatable bonds is 2. The first-order valence-corrected chi connectivity index (χ1v) is 11.9. The van der Waals surface area contributed by atoms with E-state index in [9.17, 15) is 9.90 Å². The lowest BCUT2D eigenvalue weighted by Crippen LogP contribution is -2.51. The Balaban J connectivity index is 1.31. The van der Waals surface area contributed by atoms with Crippen LogP contribution in [0.3, 0.4) is 0 Å². The minimum Gasteiger partial charge on any atom is -0.391 e. The number of thiophene rings is 1. The van der Waals surface area contributed by atoms with Gasteiger partial charge < -0.3 is 20.5 Å². The van der Waals surface area contributed by atoms with Gasteiger partial charge in [0.15, 0.2) is 0 Å². The maximum Gasteiger partial charge on any atom is 0.225 e. The number of nitrogens with zero attached hydrogens (tertiary/aromatic N) is 1. The molecule has 1 saturated heterocycles. The fraction of sp³-hybridized carbons (Fsp3) is 0.542. The van der Waals surface area contributed by atoms with Crippen LogP contribution in [-0.2, 0) is 21.6 Å². The van der Waals surface area contributed by atoms with Crippen molar-refractivity contribution in [1.82, 2.24) is 4.90 Å². The number of aliphatic hydroxyl groups excluding tert-OH is 1. The second kappa shape index (κ2) is 8.08. The summed E-state index contributed by atoms with van der Waals surface area (Å²) in [6.45, 7) is 2.18. The maximum absolute atomic E-state index is 13.0. The van der Waals surface area contributed by atoms with E-state index in [-0.39, 0.29) is 23.5 Å². The van der Waals surface area contributed by atoms with E-state index >= 15 is 0 Å². The minimum absolute atomic E-state index is 0.0943. The lowest BCUT2D eigenvalue weighted by molar-refractivity contribution is -0.146. The van der Waals surface area contributed by atoms with Gasteiger partial charge in [-0.2, -0.15) is 0 Å². The molecule has 0 unspecified atom stereocenters. The van der Waals surface area contributed by atoms with Crippen molar-refractivity contribution in [2.75, 3.05) is 19.7 Å². The number of aliphatic hydroxyl groups is 1. The first-order chi connectivity index (χ1) is 14.6. The van der Waals surface area contributed by atoms with E-state index in [1.54, 1.807) is 0 Å². The molecule has 1 aliphatic carbocycles. The Hall–Kier alpha value is -1.73. The van der Waals surface area contributed by atoms with Crippen LogP contribution in [-0.4, -0.2) is 47.8 Å². The van der Waals surface area contributed by atoms with Gasteiger partial charge in [0.05, 0.1) is 12.7 Å². The summed E-state index contributed by atoms with van der Waals surface area (Å²) >= 11 is 1.86. The summed E-state index contributed by atoms with van der Waals surface area (Å²) in [7, 11) is 0. The zero-order valence-corrected chi connectivity index (χ0v) is 18.1. The topological polar surface area (TPSA) is 75.8 Å². The Morgan fingerprint density at radius 3 is 2.70 bits per heavy atom. The number of benzene rings is 1. The number of likely N-dealkylation sites (tertiary alicyclic amines) is 1. The lowest BCUT2D eigenvalue weighted by Gasteiger charge is -2.44. The smallest absolute Gasteiger partial charge is 0.225 e. The van der Waals surface area contributed by atoms with E-state index in [1.807, 2.05) is 22.3 Å². The molecule has 5 rings (SSSR count). The van der Waals surface area contributed by atoms with Gasteiger partial charge in [-0.3, -0.25) is 4.79 Å². The third-order valence-corrected chi connectivity index (χ3v) is 8.54. The molecule has 2 fully saturated rings. The number of fused-ring (bicyclic) bond motifs is 2. The molecule has 3 heterocycles. The standard InChI is InChI=1S/C24H30N2O3S/c25-19-7-6-18(14-20(19)27)23(28)26-11-9-24(10-12-26)22-17(8-13-29-24)15-21(30-22)16-4-2-1-3-5-16/h1-5,15,18-20,27H,6-14,25H2/t18-,19-,20-/m0/s1. The zero-order valence-electron chi connectivity index (χ0n) is 17.3. The first kappa shape index (κ1) is 20.2. The van der Waals surface area contributed by atoms with Crippen molar-refractivity contribution in [3.05, 3.63) is 46.8 Å². The Bertz CT molecular complexity index is 904. The van der Waals surface area contributed by atoms with Gasteiger partial charge in [0.2, 0.25) is 5.91 Å². The van der Waals surface area contributed by atoms with Crippen LogP contribution in [0.25, 0.3) is 10.4 Å². The van der Waals surface area contributed by atoms with E-state index < -0.39 is 6.10 Å². The lowest BCUT2D eigenvalue weighted by atomic mass is 9.81. The summed E-state index contributed by atoms with van der Waals surface area (Å²) in [5, 5.41) is 10.1. The molecule has 0 bridgehead atoms. The van der Waals surface area contributed by atoms with Crippen LogP contribution in [0.1, 0.15) is 42.5 Å². The predicted molar refractivity (Wildman–Crippen MR) is 118 cm³/mol. The Morgan fingerprint density at radius 1 is 1.20 bits per heavy atom. The van der Waals surface area contributed by atoms with E-state index in [0.29, 0.717) is 6.42 Å². The molecule has 3 aliphatic rings. The second-order valence-corrected chi connectivity index (χ2v) is 10.0. The molecule has 1 aromatic carbocycles. The highest BCUT2D eigenvalue weighted by atomic mass is 32.1. The largest absolute Gasteiger partial charge is 0.391 e. The van der Waals surface area contributed by atoms with Gasteiger partial charge in [0.25, 0.3) is 0 Å². The van der Waals surface area contributed by atoms with Gasteiger partial charge in [-0.25, -0.2) is 0 Å². The van der Waals surface area contributed by atoms with Gasteiger partial charge >= 0.3 is 0 Å². The summed E-state index contributed by atoms with van der Waals surface area (Å²) in [6, 6.07) is 12.7. The quantitative estimate of drug-likeness (QED) is 0.773. The number of piperidine rings is 1. The monoisotopic (exact) mass is 426 g/mol. The number of hydrogen-bond donors (Lipinski definition) is 2. The number of nitrogens with two attached hydrogens (primary N) is 1. The molecule has 6 heteroatoms. The third kappa shape index (κ3) is 3.60. The molecule has 1 aromatic heterocycles. The van der Waals surface area contributed by atoms with Crippen LogP contribution >= 0.6 is 11.3 Å². The molecular weight excluding hydrogens is 396 g/mol. The summed E-state index contributed by atoms with van der Waals surface area (Å²) < 4.78 is 6.40. The van der Waals surface area contributed by atoms with Gasteiger partial charge in [-0.1, -0.05) is 30.3 Å². The molecule has 1 amide bonds. The summed E-state index contributed by atoms with van der Waals surface area (Å²) in [5.41, 5.74) is 8.33. The fourth-order valence-electron chi connectivity index (χ4n) is 5.28. The van der Waals surface area contributed by atoms with Crippen molar-refractivity contribution in [3.8, 4) is 10.4 Å². The second-order valence-electron chi connectivity index (χ2n) is 8.99. The summed E-state index contributed by atoms with van der Waals surface area (Å²) in [4.78, 5) is 17.7. The van der Waals surface area contributed by atoms with E-state index in [0.717, 1.165) is 51.8 Å². The number of ether oxygens (including phenoxy) is 1. The molecule has 2 aliphatic heterocycles. The van der Waals surface area contributed by atoms with Gasteiger partial charge in [-0.05, 0) is 55.7 Å². The average Bonchev–Trinajstić information content (AvgIpc) is 3.23. The van der Waals surface area contributed by atoms with E-state index in [1.165, 1.54) is 20.9 Å². The highest BCUT2D eigenvalue weighted by Crippen LogP contribution is 2.47. The van der Waals surface area contributed by atoms with E-state index in [2.05, 4.69) is 30.3 Å². The van der Waals surface area contributed by atoms with Gasteiger partial charge in [0.1, 0.15) is 5.60 Å². The van der Waals surface area contributed by atoms with Crippen molar-refractivity contribution >= 4 is 17.2 Å². The molecule has 1 spiro atoms. The Morgan fingerprint density at radius 2 is 1.97 bits per heavy atom. The summed E-state index contributed by atoms with van der Waals surface area (Å²) in [5.74, 6) is 0.0890. The van der Waals surface area contributed by atoms with Crippen molar-refractivity contribution in [2.24, 2.45) is 11.7 Å². The molecule has 3 atom stereocenters. The molecule has 3 N–H and O–H groups in total. The first-order valence-electron chi connectivity index (χ1n) is 11.1. The van der Waals surface area contributed by atoms with Crippen LogP contribution in [0.2, 0.25) is 0 Å². The number of carbonyl (C=O) groups excluding carboxylic acids is 1.